The van der Waals surface area contributed by atoms with E-state index in [0.717, 1.165) is 31.4 Å². The standard InChI is InChI=1S/C13H16N4O2/c1-16-4-2-9(3-5-16)17-12-8-14-6-11(13(18)19)10(12)7-15-17/h6-9H,2-5H2,1H3,(H,18,19). The van der Waals surface area contributed by atoms with Gasteiger partial charge in [-0.25, -0.2) is 4.79 Å². The SMILES string of the molecule is CN1CCC(n2ncc3c(C(=O)O)cncc32)CC1. The molecule has 0 saturated carbocycles. The first-order valence-corrected chi connectivity index (χ1v) is 6.40. The number of pyridine rings is 1. The number of hydrogen-bond donors (Lipinski definition) is 1. The Balaban J connectivity index is 2.01. The molecule has 2 aromatic heterocycles. The first-order valence-electron chi connectivity index (χ1n) is 6.40. The molecule has 0 amide bonds. The first-order chi connectivity index (χ1) is 9.16. The van der Waals surface area contributed by atoms with Crippen LogP contribution in [0, 0.1) is 0 Å². The predicted molar refractivity (Wildman–Crippen MR) is 70.3 cm³/mol. The van der Waals surface area contributed by atoms with Gasteiger partial charge in [0.05, 0.1) is 29.5 Å². The fraction of sp³-hybridized carbons (Fsp3) is 0.462. The summed E-state index contributed by atoms with van der Waals surface area (Å²) >= 11 is 0. The van der Waals surface area contributed by atoms with E-state index in [9.17, 15) is 4.79 Å². The molecular weight excluding hydrogens is 244 g/mol. The van der Waals surface area contributed by atoms with Crippen LogP contribution in [0.2, 0.25) is 0 Å². The molecule has 0 aliphatic carbocycles. The smallest absolute Gasteiger partial charge is 0.338 e. The molecule has 19 heavy (non-hydrogen) atoms. The van der Waals surface area contributed by atoms with Gasteiger partial charge in [0.2, 0.25) is 0 Å². The van der Waals surface area contributed by atoms with Gasteiger partial charge < -0.3 is 10.0 Å². The summed E-state index contributed by atoms with van der Waals surface area (Å²) in [5.74, 6) is -0.957. The number of aromatic nitrogens is 3. The lowest BCUT2D eigenvalue weighted by Gasteiger charge is -2.29. The average molecular weight is 260 g/mol. The van der Waals surface area contributed by atoms with Crippen molar-refractivity contribution in [2.75, 3.05) is 20.1 Å². The zero-order valence-electron chi connectivity index (χ0n) is 10.8. The Labute approximate surface area is 110 Å². The number of carboxylic acid groups (broad SMARTS) is 1. The van der Waals surface area contributed by atoms with Gasteiger partial charge in [0.1, 0.15) is 0 Å². The van der Waals surface area contributed by atoms with Gasteiger partial charge in [-0.3, -0.25) is 9.67 Å². The van der Waals surface area contributed by atoms with Gasteiger partial charge in [0.25, 0.3) is 0 Å². The molecule has 100 valence electrons. The Morgan fingerprint density at radius 1 is 1.32 bits per heavy atom. The number of hydrogen-bond acceptors (Lipinski definition) is 4. The Hall–Kier alpha value is -1.95. The van der Waals surface area contributed by atoms with E-state index in [2.05, 4.69) is 22.0 Å². The molecule has 3 rings (SSSR count). The Morgan fingerprint density at radius 3 is 2.74 bits per heavy atom. The second kappa shape index (κ2) is 4.62. The molecule has 6 nitrogen and oxygen atoms in total. The molecule has 3 heterocycles. The number of piperidine rings is 1. The molecule has 1 N–H and O–H groups in total. The molecule has 0 aromatic carbocycles. The topological polar surface area (TPSA) is 71.2 Å². The number of aromatic carboxylic acids is 1. The summed E-state index contributed by atoms with van der Waals surface area (Å²) in [7, 11) is 2.11. The molecule has 6 heteroatoms. The molecule has 1 fully saturated rings. The summed E-state index contributed by atoms with van der Waals surface area (Å²) in [6.45, 7) is 2.08. The largest absolute Gasteiger partial charge is 0.478 e. The molecule has 2 aromatic rings. The van der Waals surface area contributed by atoms with Crippen molar-refractivity contribution in [3.63, 3.8) is 0 Å². The highest BCUT2D eigenvalue weighted by molar-refractivity contribution is 6.01. The van der Waals surface area contributed by atoms with Gasteiger partial charge in [-0.1, -0.05) is 0 Å². The maximum absolute atomic E-state index is 11.2. The van der Waals surface area contributed by atoms with Crippen molar-refractivity contribution in [3.05, 3.63) is 24.2 Å². The monoisotopic (exact) mass is 260 g/mol. The normalized spacial score (nSPS) is 17.9. The zero-order chi connectivity index (χ0) is 13.4. The van der Waals surface area contributed by atoms with Gasteiger partial charge in [-0.2, -0.15) is 5.10 Å². The first kappa shape index (κ1) is 12.1. The van der Waals surface area contributed by atoms with E-state index in [1.165, 1.54) is 6.20 Å². The van der Waals surface area contributed by atoms with Crippen LogP contribution < -0.4 is 0 Å². The number of fused-ring (bicyclic) bond motifs is 1. The van der Waals surface area contributed by atoms with E-state index >= 15 is 0 Å². The summed E-state index contributed by atoms with van der Waals surface area (Å²) in [5, 5.41) is 14.2. The lowest BCUT2D eigenvalue weighted by atomic mass is 10.1. The molecule has 0 unspecified atom stereocenters. The fourth-order valence-corrected chi connectivity index (χ4v) is 2.66. The van der Waals surface area contributed by atoms with Crippen molar-refractivity contribution in [2.45, 2.75) is 18.9 Å². The second-order valence-electron chi connectivity index (χ2n) is 5.05. The van der Waals surface area contributed by atoms with Crippen molar-refractivity contribution >= 4 is 16.9 Å². The molecular formula is C13H16N4O2. The maximum atomic E-state index is 11.2. The van der Waals surface area contributed by atoms with Crippen LogP contribution in [-0.4, -0.2) is 50.9 Å². The number of likely N-dealkylation sites (tertiary alicyclic amines) is 1. The van der Waals surface area contributed by atoms with Crippen LogP contribution >= 0.6 is 0 Å². The fourth-order valence-electron chi connectivity index (χ4n) is 2.66. The van der Waals surface area contributed by atoms with Gasteiger partial charge in [-0.05, 0) is 33.0 Å². The minimum Gasteiger partial charge on any atom is -0.478 e. The van der Waals surface area contributed by atoms with Gasteiger partial charge in [0, 0.05) is 11.6 Å². The summed E-state index contributed by atoms with van der Waals surface area (Å²) in [6.07, 6.45) is 6.78. The van der Waals surface area contributed by atoms with Crippen molar-refractivity contribution in [3.8, 4) is 0 Å². The van der Waals surface area contributed by atoms with Gasteiger partial charge in [0.15, 0.2) is 0 Å². The number of nitrogens with zero attached hydrogens (tertiary/aromatic N) is 4. The minimum absolute atomic E-state index is 0.219. The lowest BCUT2D eigenvalue weighted by molar-refractivity contribution is 0.0698. The van der Waals surface area contributed by atoms with Crippen LogP contribution in [-0.2, 0) is 0 Å². The summed E-state index contributed by atoms with van der Waals surface area (Å²) in [5.41, 5.74) is 1.03. The van der Waals surface area contributed by atoms with Crippen molar-refractivity contribution in [2.24, 2.45) is 0 Å². The molecule has 1 saturated heterocycles. The van der Waals surface area contributed by atoms with Crippen LogP contribution in [0.15, 0.2) is 18.6 Å². The van der Waals surface area contributed by atoms with E-state index in [1.807, 2.05) is 4.68 Å². The quantitative estimate of drug-likeness (QED) is 0.883. The minimum atomic E-state index is -0.957. The zero-order valence-corrected chi connectivity index (χ0v) is 10.8. The molecule has 1 aliphatic rings. The van der Waals surface area contributed by atoms with E-state index in [4.69, 9.17) is 5.11 Å². The Bertz CT molecular complexity index is 614. The third-order valence-electron chi connectivity index (χ3n) is 3.79. The Morgan fingerprint density at radius 2 is 2.05 bits per heavy atom. The van der Waals surface area contributed by atoms with E-state index < -0.39 is 5.97 Å². The van der Waals surface area contributed by atoms with Crippen LogP contribution in [0.3, 0.4) is 0 Å². The molecule has 0 spiro atoms. The van der Waals surface area contributed by atoms with Gasteiger partial charge >= 0.3 is 5.97 Å². The molecule has 1 aliphatic heterocycles. The highest BCUT2D eigenvalue weighted by atomic mass is 16.4. The molecule has 0 atom stereocenters. The molecule has 0 bridgehead atoms. The Kier molecular flexibility index (Phi) is 2.94. The average Bonchev–Trinajstić information content (AvgIpc) is 2.83. The highest BCUT2D eigenvalue weighted by Gasteiger charge is 2.22. The molecule has 0 radical (unpaired) electrons. The van der Waals surface area contributed by atoms with Crippen LogP contribution in [0.4, 0.5) is 0 Å². The van der Waals surface area contributed by atoms with Crippen LogP contribution in [0.1, 0.15) is 29.2 Å². The van der Waals surface area contributed by atoms with E-state index in [1.54, 1.807) is 12.4 Å². The van der Waals surface area contributed by atoms with E-state index in [-0.39, 0.29) is 5.56 Å². The highest BCUT2D eigenvalue weighted by Crippen LogP contribution is 2.26. The second-order valence-corrected chi connectivity index (χ2v) is 5.05. The number of carboxylic acids is 1. The number of rotatable bonds is 2. The van der Waals surface area contributed by atoms with Crippen LogP contribution in [0.5, 0.6) is 0 Å². The van der Waals surface area contributed by atoms with Gasteiger partial charge in [-0.15, -0.1) is 0 Å². The van der Waals surface area contributed by atoms with Crippen LogP contribution in [0.25, 0.3) is 10.9 Å². The third kappa shape index (κ3) is 2.08. The van der Waals surface area contributed by atoms with Crippen molar-refractivity contribution < 1.29 is 9.90 Å². The third-order valence-corrected chi connectivity index (χ3v) is 3.79. The number of carbonyl (C=O) groups is 1. The van der Waals surface area contributed by atoms with E-state index in [0.29, 0.717) is 11.4 Å². The van der Waals surface area contributed by atoms with Crippen molar-refractivity contribution in [1.29, 1.82) is 0 Å². The summed E-state index contributed by atoms with van der Waals surface area (Å²) < 4.78 is 1.93. The van der Waals surface area contributed by atoms with Crippen molar-refractivity contribution in [1.82, 2.24) is 19.7 Å². The summed E-state index contributed by atoms with van der Waals surface area (Å²) in [6, 6.07) is 0.333. The maximum Gasteiger partial charge on any atom is 0.338 e. The lowest BCUT2D eigenvalue weighted by Crippen LogP contribution is -2.31. The summed E-state index contributed by atoms with van der Waals surface area (Å²) in [4.78, 5) is 17.5. The predicted octanol–water partition coefficient (Wildman–Crippen LogP) is 1.40.